The quantitative estimate of drug-likeness (QED) is 0.663. The number of hydrogen-bond acceptors (Lipinski definition) is 3. The van der Waals surface area contributed by atoms with Gasteiger partial charge < -0.3 is 4.90 Å². The summed E-state index contributed by atoms with van der Waals surface area (Å²) in [6, 6.07) is 0. The van der Waals surface area contributed by atoms with E-state index < -0.39 is 15.4 Å². The van der Waals surface area contributed by atoms with E-state index in [1.807, 2.05) is 13.8 Å². The molecule has 0 fully saturated rings. The smallest absolute Gasteiger partial charge is 0.267 e. The molecule has 0 bridgehead atoms. The molecule has 0 rings (SSSR count). The van der Waals surface area contributed by atoms with E-state index in [4.69, 9.17) is 4.55 Å². The SMILES string of the molecule is CCN(CC)CCC(C)S(=O)(=O)O. The molecule has 0 aromatic rings. The van der Waals surface area contributed by atoms with Crippen LogP contribution in [-0.4, -0.2) is 42.8 Å². The van der Waals surface area contributed by atoms with E-state index in [0.717, 1.165) is 13.1 Å². The first-order valence-electron chi connectivity index (χ1n) is 4.60. The third-order valence-corrected chi connectivity index (χ3v) is 3.51. The fourth-order valence-corrected chi connectivity index (χ4v) is 1.46. The molecule has 0 heterocycles. The molecule has 0 aliphatic rings. The van der Waals surface area contributed by atoms with Crippen molar-refractivity contribution in [3.05, 3.63) is 0 Å². The molecule has 1 N–H and O–H groups in total. The van der Waals surface area contributed by atoms with Gasteiger partial charge in [0.1, 0.15) is 0 Å². The third kappa shape index (κ3) is 5.23. The van der Waals surface area contributed by atoms with Crippen LogP contribution in [0.3, 0.4) is 0 Å². The van der Waals surface area contributed by atoms with E-state index in [1.165, 1.54) is 6.92 Å². The second kappa shape index (κ2) is 5.57. The largest absolute Gasteiger partial charge is 0.304 e. The minimum absolute atomic E-state index is 0.487. The van der Waals surface area contributed by atoms with Crippen molar-refractivity contribution in [3.8, 4) is 0 Å². The average molecular weight is 209 g/mol. The van der Waals surface area contributed by atoms with E-state index >= 15 is 0 Å². The fraction of sp³-hybridized carbons (Fsp3) is 1.00. The highest BCUT2D eigenvalue weighted by atomic mass is 32.2. The highest BCUT2D eigenvalue weighted by Crippen LogP contribution is 2.04. The zero-order valence-electron chi connectivity index (χ0n) is 8.52. The zero-order valence-corrected chi connectivity index (χ0v) is 9.34. The van der Waals surface area contributed by atoms with Crippen LogP contribution in [-0.2, 0) is 10.1 Å². The van der Waals surface area contributed by atoms with E-state index in [1.54, 1.807) is 0 Å². The van der Waals surface area contributed by atoms with Gasteiger partial charge in [-0.2, -0.15) is 8.42 Å². The zero-order chi connectivity index (χ0) is 10.5. The van der Waals surface area contributed by atoms with Crippen molar-refractivity contribution in [2.45, 2.75) is 32.4 Å². The Balaban J connectivity index is 3.89. The van der Waals surface area contributed by atoms with Crippen LogP contribution in [0, 0.1) is 0 Å². The Morgan fingerprint density at radius 1 is 1.31 bits per heavy atom. The summed E-state index contributed by atoms with van der Waals surface area (Å²) in [6.07, 6.45) is 0.487. The van der Waals surface area contributed by atoms with E-state index in [9.17, 15) is 8.42 Å². The van der Waals surface area contributed by atoms with Crippen LogP contribution < -0.4 is 0 Å². The minimum atomic E-state index is -3.84. The predicted octanol–water partition coefficient (Wildman–Crippen LogP) is 0.995. The van der Waals surface area contributed by atoms with Crippen LogP contribution in [0.5, 0.6) is 0 Å². The van der Waals surface area contributed by atoms with Gasteiger partial charge in [0.25, 0.3) is 10.1 Å². The summed E-state index contributed by atoms with van der Waals surface area (Å²) < 4.78 is 30.0. The minimum Gasteiger partial charge on any atom is -0.304 e. The van der Waals surface area contributed by atoms with Crippen molar-refractivity contribution in [1.29, 1.82) is 0 Å². The lowest BCUT2D eigenvalue weighted by atomic mass is 10.3. The van der Waals surface area contributed by atoms with Crippen molar-refractivity contribution in [2.24, 2.45) is 0 Å². The van der Waals surface area contributed by atoms with Crippen LogP contribution in [0.1, 0.15) is 27.2 Å². The monoisotopic (exact) mass is 209 g/mol. The van der Waals surface area contributed by atoms with Crippen LogP contribution in [0.2, 0.25) is 0 Å². The van der Waals surface area contributed by atoms with Crippen molar-refractivity contribution >= 4 is 10.1 Å². The number of rotatable bonds is 6. The molecular formula is C8H19NO3S. The first-order valence-corrected chi connectivity index (χ1v) is 6.10. The summed E-state index contributed by atoms with van der Waals surface area (Å²) in [7, 11) is -3.84. The first kappa shape index (κ1) is 12.9. The lowest BCUT2D eigenvalue weighted by Crippen LogP contribution is -2.28. The topological polar surface area (TPSA) is 57.6 Å². The Morgan fingerprint density at radius 3 is 2.08 bits per heavy atom. The Kier molecular flexibility index (Phi) is 5.51. The van der Waals surface area contributed by atoms with Gasteiger partial charge in [-0.05, 0) is 33.0 Å². The maximum absolute atomic E-state index is 10.7. The van der Waals surface area contributed by atoms with Gasteiger partial charge >= 0.3 is 0 Å². The highest BCUT2D eigenvalue weighted by molar-refractivity contribution is 7.86. The van der Waals surface area contributed by atoms with Gasteiger partial charge in [-0.25, -0.2) is 0 Å². The molecule has 13 heavy (non-hydrogen) atoms. The fourth-order valence-electron chi connectivity index (χ4n) is 1.05. The molecule has 0 radical (unpaired) electrons. The molecule has 0 aliphatic heterocycles. The maximum Gasteiger partial charge on any atom is 0.267 e. The Bertz CT molecular complexity index is 222. The molecule has 1 unspecified atom stereocenters. The van der Waals surface area contributed by atoms with Crippen LogP contribution in [0.15, 0.2) is 0 Å². The molecule has 0 saturated carbocycles. The lowest BCUT2D eigenvalue weighted by molar-refractivity contribution is 0.297. The number of nitrogens with zero attached hydrogens (tertiary/aromatic N) is 1. The normalized spacial score (nSPS) is 14.8. The van der Waals surface area contributed by atoms with Gasteiger partial charge in [0.15, 0.2) is 0 Å². The summed E-state index contributed by atoms with van der Waals surface area (Å²) >= 11 is 0. The standard InChI is InChI=1S/C8H19NO3S/c1-4-9(5-2)7-6-8(3)13(10,11)12/h8H,4-7H2,1-3H3,(H,10,11,12). The van der Waals surface area contributed by atoms with Gasteiger partial charge in [-0.1, -0.05) is 13.8 Å². The predicted molar refractivity (Wildman–Crippen MR) is 53.4 cm³/mol. The Hall–Kier alpha value is -0.130. The van der Waals surface area contributed by atoms with Gasteiger partial charge in [0.05, 0.1) is 5.25 Å². The Labute approximate surface area is 80.7 Å². The summed E-state index contributed by atoms with van der Waals surface area (Å²) in [5.74, 6) is 0. The molecular weight excluding hydrogens is 190 g/mol. The van der Waals surface area contributed by atoms with Gasteiger partial charge in [-0.3, -0.25) is 4.55 Å². The first-order chi connectivity index (χ1) is 5.91. The second-order valence-corrected chi connectivity index (χ2v) is 4.98. The molecule has 4 nitrogen and oxygen atoms in total. The van der Waals surface area contributed by atoms with Crippen molar-refractivity contribution in [3.63, 3.8) is 0 Å². The average Bonchev–Trinajstić information content (AvgIpc) is 2.04. The van der Waals surface area contributed by atoms with Gasteiger partial charge in [-0.15, -0.1) is 0 Å². The van der Waals surface area contributed by atoms with E-state index in [0.29, 0.717) is 13.0 Å². The van der Waals surface area contributed by atoms with Crippen LogP contribution in [0.25, 0.3) is 0 Å². The van der Waals surface area contributed by atoms with Crippen LogP contribution >= 0.6 is 0 Å². The summed E-state index contributed by atoms with van der Waals surface area (Å²) in [5.41, 5.74) is 0. The van der Waals surface area contributed by atoms with E-state index in [-0.39, 0.29) is 0 Å². The molecule has 0 spiro atoms. The molecule has 0 saturated heterocycles. The molecule has 0 aliphatic carbocycles. The molecule has 5 heteroatoms. The third-order valence-electron chi connectivity index (χ3n) is 2.25. The summed E-state index contributed by atoms with van der Waals surface area (Å²) in [5, 5.41) is -0.659. The molecule has 1 atom stereocenters. The molecule has 0 aromatic carbocycles. The second-order valence-electron chi connectivity index (χ2n) is 3.14. The number of hydrogen-bond donors (Lipinski definition) is 1. The lowest BCUT2D eigenvalue weighted by Gasteiger charge is -2.19. The van der Waals surface area contributed by atoms with Crippen molar-refractivity contribution in [1.82, 2.24) is 4.90 Å². The highest BCUT2D eigenvalue weighted by Gasteiger charge is 2.17. The molecule has 0 amide bonds. The van der Waals surface area contributed by atoms with Gasteiger partial charge in [0, 0.05) is 0 Å². The summed E-state index contributed by atoms with van der Waals surface area (Å²) in [4.78, 5) is 2.13. The summed E-state index contributed by atoms with van der Waals surface area (Å²) in [6.45, 7) is 8.12. The van der Waals surface area contributed by atoms with Crippen LogP contribution in [0.4, 0.5) is 0 Å². The Morgan fingerprint density at radius 2 is 1.77 bits per heavy atom. The van der Waals surface area contributed by atoms with E-state index in [2.05, 4.69) is 4.90 Å². The molecule has 0 aromatic heterocycles. The van der Waals surface area contributed by atoms with Gasteiger partial charge in [0.2, 0.25) is 0 Å². The molecule has 80 valence electrons. The van der Waals surface area contributed by atoms with Crippen molar-refractivity contribution < 1.29 is 13.0 Å². The maximum atomic E-state index is 10.7. The van der Waals surface area contributed by atoms with Crippen molar-refractivity contribution in [2.75, 3.05) is 19.6 Å².